The van der Waals surface area contributed by atoms with Crippen LogP contribution in [-0.2, 0) is 0 Å². The Morgan fingerprint density at radius 2 is 2.14 bits per heavy atom. The van der Waals surface area contributed by atoms with Gasteiger partial charge in [-0.3, -0.25) is 4.79 Å². The van der Waals surface area contributed by atoms with E-state index in [-0.39, 0.29) is 22.9 Å². The lowest BCUT2D eigenvalue weighted by Crippen LogP contribution is -2.26. The molecule has 0 radical (unpaired) electrons. The van der Waals surface area contributed by atoms with E-state index in [0.717, 1.165) is 34.9 Å². The van der Waals surface area contributed by atoms with E-state index in [4.69, 9.17) is 11.6 Å². The van der Waals surface area contributed by atoms with Crippen LogP contribution in [0, 0.1) is 6.92 Å². The van der Waals surface area contributed by atoms with Crippen molar-refractivity contribution in [2.24, 2.45) is 0 Å². The lowest BCUT2D eigenvalue weighted by Gasteiger charge is -2.21. The Bertz CT molecular complexity index is 1270. The summed E-state index contributed by atoms with van der Waals surface area (Å²) in [6.45, 7) is 4.02. The molecule has 0 saturated heterocycles. The van der Waals surface area contributed by atoms with E-state index in [1.165, 1.54) is 6.33 Å². The van der Waals surface area contributed by atoms with Crippen LogP contribution in [0.3, 0.4) is 0 Å². The standard InChI is InChI=1S/C20H19ClN6O/c1-10-4-3-5-12-8-14(27(13-6-7-13)19(28)15(10)12)11(2)24-17-16-18(23-9-22-17)26-20(21)25-16/h3-5,8-9,11,13H,6-7H2,1-2H3,(H2,22,23,24,25,26). The molecule has 1 atom stereocenters. The molecule has 2 N–H and O–H groups in total. The second kappa shape index (κ2) is 6.31. The number of rotatable bonds is 4. The summed E-state index contributed by atoms with van der Waals surface area (Å²) >= 11 is 5.98. The highest BCUT2D eigenvalue weighted by molar-refractivity contribution is 6.29. The topological polar surface area (TPSA) is 88.5 Å². The highest BCUT2D eigenvalue weighted by atomic mass is 35.5. The first-order chi connectivity index (χ1) is 13.5. The third-order valence-corrected chi connectivity index (χ3v) is 5.47. The molecular formula is C20H19ClN6O. The number of nitrogens with zero attached hydrogens (tertiary/aromatic N) is 4. The number of pyridine rings is 1. The number of aromatic amines is 1. The van der Waals surface area contributed by atoms with Crippen LogP contribution in [0.1, 0.15) is 43.1 Å². The third kappa shape index (κ3) is 2.74. The minimum atomic E-state index is -0.140. The zero-order valence-electron chi connectivity index (χ0n) is 15.5. The predicted molar refractivity (Wildman–Crippen MR) is 110 cm³/mol. The van der Waals surface area contributed by atoms with Gasteiger partial charge in [-0.05, 0) is 55.3 Å². The fourth-order valence-corrected chi connectivity index (χ4v) is 3.98. The van der Waals surface area contributed by atoms with Crippen molar-refractivity contribution in [3.8, 4) is 0 Å². The Morgan fingerprint density at radius 1 is 1.32 bits per heavy atom. The first kappa shape index (κ1) is 17.2. The van der Waals surface area contributed by atoms with Crippen molar-refractivity contribution in [1.29, 1.82) is 0 Å². The van der Waals surface area contributed by atoms with E-state index in [9.17, 15) is 4.79 Å². The van der Waals surface area contributed by atoms with Crippen LogP contribution in [0.5, 0.6) is 0 Å². The number of H-pyrrole nitrogens is 1. The Labute approximate surface area is 165 Å². The number of nitrogens with one attached hydrogen (secondary N) is 2. The number of halogens is 1. The predicted octanol–water partition coefficient (Wildman–Crippen LogP) is 4.14. The second-order valence-corrected chi connectivity index (χ2v) is 7.69. The number of aromatic nitrogens is 5. The fourth-order valence-electron chi connectivity index (χ4n) is 3.80. The Morgan fingerprint density at radius 3 is 2.93 bits per heavy atom. The molecule has 5 rings (SSSR count). The molecular weight excluding hydrogens is 376 g/mol. The van der Waals surface area contributed by atoms with E-state index in [2.05, 4.69) is 31.3 Å². The van der Waals surface area contributed by atoms with Crippen LogP contribution in [-0.4, -0.2) is 24.5 Å². The van der Waals surface area contributed by atoms with Gasteiger partial charge in [0.05, 0.1) is 11.4 Å². The molecule has 1 aliphatic rings. The third-order valence-electron chi connectivity index (χ3n) is 5.29. The minimum Gasteiger partial charge on any atom is -0.360 e. The number of hydrogen-bond donors (Lipinski definition) is 2. The maximum Gasteiger partial charge on any atom is 0.259 e. The first-order valence-corrected chi connectivity index (χ1v) is 9.68. The summed E-state index contributed by atoms with van der Waals surface area (Å²) in [6.07, 6.45) is 3.52. The highest BCUT2D eigenvalue weighted by Crippen LogP contribution is 2.37. The quantitative estimate of drug-likeness (QED) is 0.508. The average Bonchev–Trinajstić information content (AvgIpc) is 3.41. The van der Waals surface area contributed by atoms with Gasteiger partial charge in [0.1, 0.15) is 11.8 Å². The maximum absolute atomic E-state index is 13.3. The second-order valence-electron chi connectivity index (χ2n) is 7.33. The molecule has 28 heavy (non-hydrogen) atoms. The van der Waals surface area contributed by atoms with Gasteiger partial charge in [-0.2, -0.15) is 4.98 Å². The summed E-state index contributed by atoms with van der Waals surface area (Å²) in [5.74, 6) is 0.607. The molecule has 1 aromatic carbocycles. The number of aryl methyl sites for hydroxylation is 1. The van der Waals surface area contributed by atoms with E-state index in [1.54, 1.807) is 0 Å². The van der Waals surface area contributed by atoms with Crippen molar-refractivity contribution in [3.63, 3.8) is 0 Å². The molecule has 0 bridgehead atoms. The van der Waals surface area contributed by atoms with Crippen molar-refractivity contribution in [2.75, 3.05) is 5.32 Å². The average molecular weight is 395 g/mol. The normalized spacial score (nSPS) is 15.2. The molecule has 1 fully saturated rings. The van der Waals surface area contributed by atoms with Gasteiger partial charge in [0, 0.05) is 11.7 Å². The molecule has 0 amide bonds. The largest absolute Gasteiger partial charge is 0.360 e. The van der Waals surface area contributed by atoms with E-state index < -0.39 is 0 Å². The number of anilines is 1. The van der Waals surface area contributed by atoms with Gasteiger partial charge in [0.25, 0.3) is 5.56 Å². The summed E-state index contributed by atoms with van der Waals surface area (Å²) in [4.78, 5) is 28.9. The van der Waals surface area contributed by atoms with Crippen LogP contribution in [0.4, 0.5) is 5.82 Å². The molecule has 3 aromatic heterocycles. The number of fused-ring (bicyclic) bond motifs is 2. The molecule has 1 saturated carbocycles. The van der Waals surface area contributed by atoms with Crippen LogP contribution in [0.2, 0.25) is 5.28 Å². The monoisotopic (exact) mass is 394 g/mol. The van der Waals surface area contributed by atoms with Gasteiger partial charge >= 0.3 is 0 Å². The Kier molecular flexibility index (Phi) is 3.87. The number of imidazole rings is 1. The smallest absolute Gasteiger partial charge is 0.259 e. The molecule has 1 aliphatic carbocycles. The summed E-state index contributed by atoms with van der Waals surface area (Å²) in [5.41, 5.74) is 3.19. The molecule has 1 unspecified atom stereocenters. The van der Waals surface area contributed by atoms with Gasteiger partial charge in [-0.15, -0.1) is 0 Å². The molecule has 0 spiro atoms. The van der Waals surface area contributed by atoms with E-state index in [0.29, 0.717) is 17.0 Å². The molecule has 8 heteroatoms. The molecule has 142 valence electrons. The highest BCUT2D eigenvalue weighted by Gasteiger charge is 2.29. The Hall–Kier alpha value is -2.93. The Balaban J connectivity index is 1.64. The van der Waals surface area contributed by atoms with Crippen molar-refractivity contribution in [3.05, 3.63) is 57.5 Å². The first-order valence-electron chi connectivity index (χ1n) is 9.30. The van der Waals surface area contributed by atoms with Crippen molar-refractivity contribution >= 4 is 39.4 Å². The van der Waals surface area contributed by atoms with Crippen LogP contribution >= 0.6 is 11.6 Å². The molecule has 0 aliphatic heterocycles. The summed E-state index contributed by atoms with van der Waals surface area (Å²) in [5, 5.41) is 5.43. The zero-order valence-corrected chi connectivity index (χ0v) is 16.3. The van der Waals surface area contributed by atoms with Crippen molar-refractivity contribution in [2.45, 2.75) is 38.8 Å². The zero-order chi connectivity index (χ0) is 19.4. The lowest BCUT2D eigenvalue weighted by atomic mass is 10.0. The number of hydrogen-bond acceptors (Lipinski definition) is 5. The van der Waals surface area contributed by atoms with Gasteiger partial charge in [-0.1, -0.05) is 18.2 Å². The van der Waals surface area contributed by atoms with Crippen molar-refractivity contribution < 1.29 is 0 Å². The maximum atomic E-state index is 13.3. The molecule has 4 aromatic rings. The van der Waals surface area contributed by atoms with Crippen LogP contribution < -0.4 is 10.9 Å². The summed E-state index contributed by atoms with van der Waals surface area (Å²) in [7, 11) is 0. The van der Waals surface area contributed by atoms with Gasteiger partial charge in [-0.25, -0.2) is 9.97 Å². The van der Waals surface area contributed by atoms with Gasteiger partial charge in [0.15, 0.2) is 11.5 Å². The van der Waals surface area contributed by atoms with E-state index >= 15 is 0 Å². The minimum absolute atomic E-state index is 0.0826. The molecule has 7 nitrogen and oxygen atoms in total. The van der Waals surface area contributed by atoms with Gasteiger partial charge < -0.3 is 14.9 Å². The van der Waals surface area contributed by atoms with Gasteiger partial charge in [0.2, 0.25) is 5.28 Å². The van der Waals surface area contributed by atoms with E-state index in [1.807, 2.05) is 36.6 Å². The van der Waals surface area contributed by atoms with Crippen LogP contribution in [0.15, 0.2) is 35.4 Å². The molecule has 3 heterocycles. The van der Waals surface area contributed by atoms with Crippen LogP contribution in [0.25, 0.3) is 21.9 Å². The summed E-state index contributed by atoms with van der Waals surface area (Å²) < 4.78 is 1.95. The SMILES string of the molecule is Cc1cccc2cc(C(C)Nc3ncnc4nc(Cl)[nH]c34)n(C3CC3)c(=O)c12. The number of benzene rings is 1. The fraction of sp³-hybridized carbons (Fsp3) is 0.300. The lowest BCUT2D eigenvalue weighted by molar-refractivity contribution is 0.636. The van der Waals surface area contributed by atoms with Crippen molar-refractivity contribution in [1.82, 2.24) is 24.5 Å². The summed E-state index contributed by atoms with van der Waals surface area (Å²) in [6, 6.07) is 8.21.